The summed E-state index contributed by atoms with van der Waals surface area (Å²) in [6.45, 7) is 2.04. The zero-order chi connectivity index (χ0) is 12.3. The van der Waals surface area contributed by atoms with Crippen molar-refractivity contribution < 1.29 is 9.66 Å². The number of benzene rings is 1. The molecule has 0 radical (unpaired) electrons. The Morgan fingerprint density at radius 2 is 2.41 bits per heavy atom. The first-order valence-corrected chi connectivity index (χ1v) is 5.72. The van der Waals surface area contributed by atoms with Gasteiger partial charge in [0.1, 0.15) is 0 Å². The van der Waals surface area contributed by atoms with Crippen LogP contribution in [0.4, 0.5) is 5.69 Å². The first kappa shape index (κ1) is 11.9. The minimum atomic E-state index is -0.394. The van der Waals surface area contributed by atoms with Gasteiger partial charge in [-0.25, -0.2) is 0 Å². The normalized spacial score (nSPS) is 19.2. The fourth-order valence-corrected chi connectivity index (χ4v) is 2.23. The van der Waals surface area contributed by atoms with Crippen molar-refractivity contribution in [3.63, 3.8) is 0 Å². The highest BCUT2D eigenvalue weighted by Crippen LogP contribution is 2.29. The third-order valence-electron chi connectivity index (χ3n) is 3.13. The molecule has 92 valence electrons. The molecular weight excluding hydrogens is 220 g/mol. The fraction of sp³-hybridized carbons (Fsp3) is 0.500. The van der Waals surface area contributed by atoms with E-state index in [9.17, 15) is 10.1 Å². The van der Waals surface area contributed by atoms with Crippen molar-refractivity contribution >= 4 is 5.69 Å². The second kappa shape index (κ2) is 5.14. The van der Waals surface area contributed by atoms with Gasteiger partial charge in [0.05, 0.1) is 12.0 Å². The number of rotatable bonds is 4. The van der Waals surface area contributed by atoms with Crippen LogP contribution >= 0.6 is 0 Å². The predicted molar refractivity (Wildman–Crippen MR) is 64.3 cm³/mol. The van der Waals surface area contributed by atoms with Gasteiger partial charge in [0.15, 0.2) is 5.75 Å². The maximum Gasteiger partial charge on any atom is 0.311 e. The number of hydrogen-bond donors (Lipinski definition) is 1. The molecule has 1 unspecified atom stereocenters. The molecule has 2 rings (SSSR count). The molecule has 1 aromatic carbocycles. The van der Waals surface area contributed by atoms with Crippen LogP contribution in [0.3, 0.4) is 0 Å². The number of methoxy groups -OCH3 is 1. The van der Waals surface area contributed by atoms with Crippen LogP contribution in [0, 0.1) is 16.0 Å². The Bertz CT molecular complexity index is 414. The van der Waals surface area contributed by atoms with Crippen molar-refractivity contribution in [1.29, 1.82) is 0 Å². The van der Waals surface area contributed by atoms with E-state index in [-0.39, 0.29) is 5.69 Å². The minimum Gasteiger partial charge on any atom is -0.490 e. The minimum absolute atomic E-state index is 0.0518. The molecule has 17 heavy (non-hydrogen) atoms. The van der Waals surface area contributed by atoms with Crippen LogP contribution in [0.2, 0.25) is 0 Å². The molecule has 5 heteroatoms. The van der Waals surface area contributed by atoms with E-state index in [1.807, 2.05) is 6.07 Å². The lowest BCUT2D eigenvalue weighted by atomic mass is 9.98. The SMILES string of the molecule is COc1ccc(CC2CCNC2)cc1[N+](=O)[O-]. The van der Waals surface area contributed by atoms with E-state index >= 15 is 0 Å². The molecule has 1 fully saturated rings. The van der Waals surface area contributed by atoms with E-state index in [1.54, 1.807) is 12.1 Å². The maximum atomic E-state index is 10.9. The molecule has 0 spiro atoms. The Balaban J connectivity index is 2.17. The van der Waals surface area contributed by atoms with Gasteiger partial charge in [0.25, 0.3) is 0 Å². The second-order valence-corrected chi connectivity index (χ2v) is 4.33. The highest BCUT2D eigenvalue weighted by Gasteiger charge is 2.19. The summed E-state index contributed by atoms with van der Waals surface area (Å²) in [7, 11) is 1.45. The molecule has 0 aliphatic carbocycles. The molecule has 1 atom stereocenters. The van der Waals surface area contributed by atoms with Crippen molar-refractivity contribution in [3.8, 4) is 5.75 Å². The van der Waals surface area contributed by atoms with Gasteiger partial charge < -0.3 is 10.1 Å². The molecule has 1 aromatic rings. The lowest BCUT2D eigenvalue weighted by molar-refractivity contribution is -0.385. The largest absolute Gasteiger partial charge is 0.490 e. The molecule has 0 amide bonds. The zero-order valence-electron chi connectivity index (χ0n) is 9.81. The van der Waals surface area contributed by atoms with Crippen LogP contribution in [-0.2, 0) is 6.42 Å². The van der Waals surface area contributed by atoms with E-state index in [2.05, 4.69) is 5.32 Å². The lowest BCUT2D eigenvalue weighted by Crippen LogP contribution is -2.10. The van der Waals surface area contributed by atoms with E-state index in [0.29, 0.717) is 11.7 Å². The molecule has 1 heterocycles. The van der Waals surface area contributed by atoms with Crippen LogP contribution in [-0.4, -0.2) is 25.1 Å². The molecule has 0 saturated carbocycles. The number of hydrogen-bond acceptors (Lipinski definition) is 4. The summed E-state index contributed by atoms with van der Waals surface area (Å²) in [4.78, 5) is 10.5. The fourth-order valence-electron chi connectivity index (χ4n) is 2.23. The van der Waals surface area contributed by atoms with Crippen LogP contribution in [0.5, 0.6) is 5.75 Å². The molecular formula is C12H16N2O3. The zero-order valence-corrected chi connectivity index (χ0v) is 9.81. The average molecular weight is 236 g/mol. The van der Waals surface area contributed by atoms with Crippen LogP contribution in [0.15, 0.2) is 18.2 Å². The Labute approximate surface area is 99.9 Å². The monoisotopic (exact) mass is 236 g/mol. The molecule has 1 N–H and O–H groups in total. The van der Waals surface area contributed by atoms with Crippen molar-refractivity contribution in [1.82, 2.24) is 5.32 Å². The van der Waals surface area contributed by atoms with Gasteiger partial charge in [-0.2, -0.15) is 0 Å². The van der Waals surface area contributed by atoms with E-state index in [0.717, 1.165) is 31.5 Å². The van der Waals surface area contributed by atoms with Gasteiger partial charge in [-0.05, 0) is 43.5 Å². The number of nitrogens with zero attached hydrogens (tertiary/aromatic N) is 1. The smallest absolute Gasteiger partial charge is 0.311 e. The molecule has 1 aliphatic rings. The highest BCUT2D eigenvalue weighted by molar-refractivity contribution is 5.48. The van der Waals surface area contributed by atoms with Crippen molar-refractivity contribution in [3.05, 3.63) is 33.9 Å². The first-order chi connectivity index (χ1) is 8.20. The molecule has 5 nitrogen and oxygen atoms in total. The first-order valence-electron chi connectivity index (χ1n) is 5.72. The van der Waals surface area contributed by atoms with Gasteiger partial charge in [-0.15, -0.1) is 0 Å². The Morgan fingerprint density at radius 3 is 3.00 bits per heavy atom. The summed E-state index contributed by atoms with van der Waals surface area (Å²) < 4.78 is 4.98. The topological polar surface area (TPSA) is 64.4 Å². The Morgan fingerprint density at radius 1 is 1.59 bits per heavy atom. The Hall–Kier alpha value is -1.62. The number of ether oxygens (including phenoxy) is 1. The van der Waals surface area contributed by atoms with E-state index < -0.39 is 4.92 Å². The quantitative estimate of drug-likeness (QED) is 0.639. The summed E-state index contributed by atoms with van der Waals surface area (Å²) in [5.74, 6) is 0.909. The predicted octanol–water partition coefficient (Wildman–Crippen LogP) is 1.76. The summed E-state index contributed by atoms with van der Waals surface area (Å²) in [5, 5.41) is 14.2. The molecule has 0 aromatic heterocycles. The van der Waals surface area contributed by atoms with Crippen LogP contribution < -0.4 is 10.1 Å². The van der Waals surface area contributed by atoms with Crippen molar-refractivity contribution in [2.24, 2.45) is 5.92 Å². The summed E-state index contributed by atoms with van der Waals surface area (Å²) in [5.41, 5.74) is 1.06. The molecule has 1 saturated heterocycles. The number of nitro groups is 1. The van der Waals surface area contributed by atoms with Gasteiger partial charge >= 0.3 is 5.69 Å². The summed E-state index contributed by atoms with van der Waals surface area (Å²) in [6, 6.07) is 5.21. The van der Waals surface area contributed by atoms with E-state index in [1.165, 1.54) is 7.11 Å². The third kappa shape index (κ3) is 2.74. The van der Waals surface area contributed by atoms with Crippen LogP contribution in [0.25, 0.3) is 0 Å². The van der Waals surface area contributed by atoms with Crippen molar-refractivity contribution in [2.75, 3.05) is 20.2 Å². The molecule has 0 bridgehead atoms. The average Bonchev–Trinajstić information content (AvgIpc) is 2.81. The van der Waals surface area contributed by atoms with E-state index in [4.69, 9.17) is 4.74 Å². The standard InChI is InChI=1S/C12H16N2O3/c1-17-12-3-2-9(7-11(12)14(15)16)6-10-4-5-13-8-10/h2-3,7,10,13H,4-6,8H2,1H3. The van der Waals surface area contributed by atoms with Crippen molar-refractivity contribution in [2.45, 2.75) is 12.8 Å². The van der Waals surface area contributed by atoms with Gasteiger partial charge in [0.2, 0.25) is 0 Å². The van der Waals surface area contributed by atoms with Crippen LogP contribution in [0.1, 0.15) is 12.0 Å². The summed E-state index contributed by atoms with van der Waals surface area (Å²) in [6.07, 6.45) is 2.03. The highest BCUT2D eigenvalue weighted by atomic mass is 16.6. The number of nitro benzene ring substituents is 1. The Kier molecular flexibility index (Phi) is 3.58. The maximum absolute atomic E-state index is 10.9. The van der Waals surface area contributed by atoms with Gasteiger partial charge in [0, 0.05) is 6.07 Å². The van der Waals surface area contributed by atoms with Gasteiger partial charge in [-0.1, -0.05) is 6.07 Å². The third-order valence-corrected chi connectivity index (χ3v) is 3.13. The lowest BCUT2D eigenvalue weighted by Gasteiger charge is -2.09. The molecule has 1 aliphatic heterocycles. The number of nitrogens with one attached hydrogen (secondary N) is 1. The summed E-state index contributed by atoms with van der Waals surface area (Å²) >= 11 is 0. The van der Waals surface area contributed by atoms with Gasteiger partial charge in [-0.3, -0.25) is 10.1 Å². The second-order valence-electron chi connectivity index (χ2n) is 4.33.